The third-order valence-electron chi connectivity index (χ3n) is 2.94. The molecule has 0 aliphatic heterocycles. The molecule has 0 aromatic carbocycles. The van der Waals surface area contributed by atoms with Gasteiger partial charge in [-0.05, 0) is 18.4 Å². The highest BCUT2D eigenvalue weighted by molar-refractivity contribution is 5.85. The maximum atomic E-state index is 10.7. The molecule has 0 radical (unpaired) electrons. The predicted molar refractivity (Wildman–Crippen MR) is 59.4 cm³/mol. The maximum Gasteiger partial charge on any atom is 0.354 e. The second-order valence-electron chi connectivity index (χ2n) is 4.08. The fraction of sp³-hybridized carbons (Fsp3) is 0.545. The van der Waals surface area contributed by atoms with Gasteiger partial charge in [-0.15, -0.1) is 0 Å². The molecule has 1 saturated carbocycles. The molecule has 5 nitrogen and oxygen atoms in total. The Hall–Kier alpha value is -1.65. The number of aromatic nitrogens is 2. The molecule has 1 aromatic rings. The molecule has 2 rings (SSSR count). The maximum absolute atomic E-state index is 10.7. The highest BCUT2D eigenvalue weighted by Gasteiger charge is 2.16. The molecule has 5 heteroatoms. The van der Waals surface area contributed by atoms with Crippen molar-refractivity contribution >= 4 is 11.9 Å². The fourth-order valence-corrected chi connectivity index (χ4v) is 1.73. The number of carboxylic acid groups (broad SMARTS) is 1. The van der Waals surface area contributed by atoms with E-state index in [4.69, 9.17) is 5.11 Å². The lowest BCUT2D eigenvalue weighted by Crippen LogP contribution is -2.16. The van der Waals surface area contributed by atoms with Crippen molar-refractivity contribution < 1.29 is 9.90 Å². The zero-order valence-corrected chi connectivity index (χ0v) is 9.02. The minimum absolute atomic E-state index is 0.0288. The van der Waals surface area contributed by atoms with Gasteiger partial charge in [0.15, 0.2) is 5.69 Å². The number of hydrogen-bond acceptors (Lipinski definition) is 4. The van der Waals surface area contributed by atoms with Gasteiger partial charge in [0.2, 0.25) is 5.95 Å². The minimum atomic E-state index is -1.02. The standard InChI is InChI=1S/C11H15N3O2/c15-10(16)9-5-7-13-11(14-9)12-6-4-8-2-1-3-8/h5,7-8H,1-4,6H2,(H,15,16)(H,12,13,14). The predicted octanol–water partition coefficient (Wildman–Crippen LogP) is 1.78. The van der Waals surface area contributed by atoms with E-state index in [1.54, 1.807) is 0 Å². The molecule has 0 spiro atoms. The van der Waals surface area contributed by atoms with Crippen LogP contribution in [-0.2, 0) is 0 Å². The molecule has 0 unspecified atom stereocenters. The average Bonchev–Trinajstić information content (AvgIpc) is 2.22. The molecular formula is C11H15N3O2. The topological polar surface area (TPSA) is 75.1 Å². The summed E-state index contributed by atoms with van der Waals surface area (Å²) in [7, 11) is 0. The van der Waals surface area contributed by atoms with E-state index >= 15 is 0 Å². The van der Waals surface area contributed by atoms with Crippen LogP contribution < -0.4 is 5.32 Å². The van der Waals surface area contributed by atoms with E-state index in [1.165, 1.54) is 31.5 Å². The second-order valence-corrected chi connectivity index (χ2v) is 4.08. The molecule has 0 amide bonds. The van der Waals surface area contributed by atoms with Gasteiger partial charge in [0.1, 0.15) is 0 Å². The van der Waals surface area contributed by atoms with Crippen LogP contribution in [0.2, 0.25) is 0 Å². The van der Waals surface area contributed by atoms with Crippen LogP contribution in [0.5, 0.6) is 0 Å². The lowest BCUT2D eigenvalue weighted by molar-refractivity contribution is 0.0690. The van der Waals surface area contributed by atoms with Crippen LogP contribution in [0.3, 0.4) is 0 Å². The quantitative estimate of drug-likeness (QED) is 0.792. The Morgan fingerprint density at radius 2 is 2.38 bits per heavy atom. The molecule has 0 bridgehead atoms. The lowest BCUT2D eigenvalue weighted by Gasteiger charge is -2.25. The van der Waals surface area contributed by atoms with Gasteiger partial charge >= 0.3 is 5.97 Å². The zero-order valence-electron chi connectivity index (χ0n) is 9.02. The van der Waals surface area contributed by atoms with Gasteiger partial charge in [0.25, 0.3) is 0 Å². The molecule has 86 valence electrons. The van der Waals surface area contributed by atoms with Gasteiger partial charge in [-0.1, -0.05) is 19.3 Å². The number of nitrogens with one attached hydrogen (secondary N) is 1. The van der Waals surface area contributed by atoms with Crippen molar-refractivity contribution in [2.45, 2.75) is 25.7 Å². The largest absolute Gasteiger partial charge is 0.477 e. The fourth-order valence-electron chi connectivity index (χ4n) is 1.73. The summed E-state index contributed by atoms with van der Waals surface area (Å²) in [5.41, 5.74) is 0.0288. The Morgan fingerprint density at radius 1 is 1.56 bits per heavy atom. The first kappa shape index (κ1) is 10.9. The van der Waals surface area contributed by atoms with Crippen LogP contribution in [0.15, 0.2) is 12.3 Å². The van der Waals surface area contributed by atoms with E-state index in [9.17, 15) is 4.79 Å². The number of carbonyl (C=O) groups is 1. The molecular weight excluding hydrogens is 206 g/mol. The summed E-state index contributed by atoms with van der Waals surface area (Å²) in [5, 5.41) is 11.8. The second kappa shape index (κ2) is 4.92. The van der Waals surface area contributed by atoms with Crippen LogP contribution in [0, 0.1) is 5.92 Å². The smallest absolute Gasteiger partial charge is 0.354 e. The number of rotatable bonds is 5. The van der Waals surface area contributed by atoms with E-state index < -0.39 is 5.97 Å². The van der Waals surface area contributed by atoms with E-state index in [2.05, 4.69) is 15.3 Å². The van der Waals surface area contributed by atoms with Crippen molar-refractivity contribution in [2.24, 2.45) is 5.92 Å². The molecule has 16 heavy (non-hydrogen) atoms. The Labute approximate surface area is 93.9 Å². The summed E-state index contributed by atoms with van der Waals surface area (Å²) in [6, 6.07) is 1.39. The van der Waals surface area contributed by atoms with Crippen LogP contribution in [0.1, 0.15) is 36.2 Å². The van der Waals surface area contributed by atoms with Crippen LogP contribution in [0.4, 0.5) is 5.95 Å². The third kappa shape index (κ3) is 2.68. The molecule has 1 aliphatic rings. The van der Waals surface area contributed by atoms with Crippen molar-refractivity contribution in [3.05, 3.63) is 18.0 Å². The first-order valence-corrected chi connectivity index (χ1v) is 5.56. The normalized spacial score (nSPS) is 15.5. The van der Waals surface area contributed by atoms with Crippen LogP contribution in [0.25, 0.3) is 0 Å². The monoisotopic (exact) mass is 221 g/mol. The Balaban J connectivity index is 1.83. The molecule has 0 saturated heterocycles. The molecule has 2 N–H and O–H groups in total. The van der Waals surface area contributed by atoms with Crippen molar-refractivity contribution in [3.8, 4) is 0 Å². The summed E-state index contributed by atoms with van der Waals surface area (Å²) in [4.78, 5) is 18.5. The Morgan fingerprint density at radius 3 is 3.00 bits per heavy atom. The van der Waals surface area contributed by atoms with Gasteiger partial charge in [-0.25, -0.2) is 14.8 Å². The van der Waals surface area contributed by atoms with Crippen molar-refractivity contribution in [2.75, 3.05) is 11.9 Å². The van der Waals surface area contributed by atoms with E-state index in [0.717, 1.165) is 18.9 Å². The van der Waals surface area contributed by atoms with Crippen molar-refractivity contribution in [1.82, 2.24) is 9.97 Å². The van der Waals surface area contributed by atoms with Crippen molar-refractivity contribution in [3.63, 3.8) is 0 Å². The molecule has 0 atom stereocenters. The van der Waals surface area contributed by atoms with Crippen molar-refractivity contribution in [1.29, 1.82) is 0 Å². The van der Waals surface area contributed by atoms with Crippen LogP contribution >= 0.6 is 0 Å². The highest BCUT2D eigenvalue weighted by Crippen LogP contribution is 2.28. The van der Waals surface area contributed by atoms with E-state index in [-0.39, 0.29) is 5.69 Å². The number of nitrogens with zero attached hydrogens (tertiary/aromatic N) is 2. The van der Waals surface area contributed by atoms with Crippen LogP contribution in [-0.4, -0.2) is 27.6 Å². The summed E-state index contributed by atoms with van der Waals surface area (Å²) < 4.78 is 0. The molecule has 1 aliphatic carbocycles. The number of carboxylic acids is 1. The number of hydrogen-bond donors (Lipinski definition) is 2. The molecule has 1 aromatic heterocycles. The highest BCUT2D eigenvalue weighted by atomic mass is 16.4. The summed E-state index contributed by atoms with van der Waals surface area (Å²) in [6.45, 7) is 0.813. The summed E-state index contributed by atoms with van der Waals surface area (Å²) in [6.07, 6.45) is 6.55. The zero-order chi connectivity index (χ0) is 11.4. The lowest BCUT2D eigenvalue weighted by atomic mass is 9.83. The third-order valence-corrected chi connectivity index (χ3v) is 2.94. The average molecular weight is 221 g/mol. The van der Waals surface area contributed by atoms with Gasteiger partial charge in [0, 0.05) is 12.7 Å². The Bertz CT molecular complexity index is 377. The first-order chi connectivity index (χ1) is 7.75. The van der Waals surface area contributed by atoms with E-state index in [0.29, 0.717) is 5.95 Å². The summed E-state index contributed by atoms with van der Waals surface area (Å²) >= 11 is 0. The van der Waals surface area contributed by atoms with Gasteiger partial charge in [0.05, 0.1) is 0 Å². The molecule has 1 heterocycles. The summed E-state index contributed by atoms with van der Waals surface area (Å²) in [5.74, 6) is 0.207. The van der Waals surface area contributed by atoms with Gasteiger partial charge < -0.3 is 10.4 Å². The first-order valence-electron chi connectivity index (χ1n) is 5.56. The van der Waals surface area contributed by atoms with Gasteiger partial charge in [-0.3, -0.25) is 0 Å². The minimum Gasteiger partial charge on any atom is -0.477 e. The molecule has 1 fully saturated rings. The number of aromatic carboxylic acids is 1. The van der Waals surface area contributed by atoms with E-state index in [1.807, 2.05) is 0 Å². The Kier molecular flexibility index (Phi) is 3.34. The SMILES string of the molecule is O=C(O)c1ccnc(NCCC2CCC2)n1. The van der Waals surface area contributed by atoms with Gasteiger partial charge in [-0.2, -0.15) is 0 Å². The number of anilines is 1.